The van der Waals surface area contributed by atoms with Gasteiger partial charge in [-0.25, -0.2) is 0 Å². The van der Waals surface area contributed by atoms with E-state index in [2.05, 4.69) is 12.1 Å². The van der Waals surface area contributed by atoms with Gasteiger partial charge in [-0.3, -0.25) is 4.79 Å². The van der Waals surface area contributed by atoms with Crippen LogP contribution in [-0.2, 0) is 12.8 Å². The Morgan fingerprint density at radius 2 is 2.00 bits per heavy atom. The molecular formula is C19H20O3. The predicted octanol–water partition coefficient (Wildman–Crippen LogP) is 3.14. The highest BCUT2D eigenvalue weighted by molar-refractivity contribution is 5.96. The molecule has 0 saturated carbocycles. The molecule has 1 aliphatic rings. The van der Waals surface area contributed by atoms with Gasteiger partial charge in [0.1, 0.15) is 12.4 Å². The van der Waals surface area contributed by atoms with E-state index in [0.717, 1.165) is 25.0 Å². The van der Waals surface area contributed by atoms with Crippen LogP contribution in [0.3, 0.4) is 0 Å². The van der Waals surface area contributed by atoms with Gasteiger partial charge in [0.05, 0.1) is 7.11 Å². The molecule has 2 aromatic carbocycles. The van der Waals surface area contributed by atoms with Gasteiger partial charge in [0.15, 0.2) is 5.78 Å². The molecule has 3 nitrogen and oxygen atoms in total. The number of rotatable bonds is 5. The third-order valence-corrected chi connectivity index (χ3v) is 4.45. The Kier molecular flexibility index (Phi) is 4.25. The summed E-state index contributed by atoms with van der Waals surface area (Å²) >= 11 is 0. The maximum atomic E-state index is 11.4. The van der Waals surface area contributed by atoms with Crippen molar-refractivity contribution in [1.82, 2.24) is 0 Å². The first-order valence-electron chi connectivity index (χ1n) is 7.61. The quantitative estimate of drug-likeness (QED) is 0.862. The first kappa shape index (κ1) is 14.8. The number of ketones is 1. The van der Waals surface area contributed by atoms with Crippen LogP contribution in [0.5, 0.6) is 5.75 Å². The molecule has 2 aromatic rings. The van der Waals surface area contributed by atoms with Crippen molar-refractivity contribution >= 4 is 5.78 Å². The van der Waals surface area contributed by atoms with E-state index < -0.39 is 6.61 Å². The third kappa shape index (κ3) is 2.90. The molecule has 3 rings (SSSR count). The number of carbonyl (C=O) groups is 1. The van der Waals surface area contributed by atoms with Crippen LogP contribution in [0.1, 0.15) is 39.4 Å². The van der Waals surface area contributed by atoms with Crippen molar-refractivity contribution in [1.29, 1.82) is 0 Å². The zero-order chi connectivity index (χ0) is 15.5. The van der Waals surface area contributed by atoms with Crippen LogP contribution in [0.2, 0.25) is 0 Å². The molecular weight excluding hydrogens is 276 g/mol. The fourth-order valence-corrected chi connectivity index (χ4v) is 3.22. The SMILES string of the molecule is COc1ccc2c(c1)CCC2Cc1ccc(C(=O)CO)cc1. The lowest BCUT2D eigenvalue weighted by Gasteiger charge is -2.12. The van der Waals surface area contributed by atoms with Gasteiger partial charge in [-0.2, -0.15) is 0 Å². The Bertz CT molecular complexity index is 674. The summed E-state index contributed by atoms with van der Waals surface area (Å²) in [6.07, 6.45) is 3.23. The van der Waals surface area contributed by atoms with Crippen LogP contribution >= 0.6 is 0 Å². The van der Waals surface area contributed by atoms with Gasteiger partial charge in [-0.1, -0.05) is 30.3 Å². The van der Waals surface area contributed by atoms with Gasteiger partial charge in [0, 0.05) is 5.56 Å². The van der Waals surface area contributed by atoms with Crippen LogP contribution in [0.4, 0.5) is 0 Å². The molecule has 0 aromatic heterocycles. The number of methoxy groups -OCH3 is 1. The number of fused-ring (bicyclic) bond motifs is 1. The minimum atomic E-state index is -0.433. The average molecular weight is 296 g/mol. The molecule has 0 spiro atoms. The summed E-state index contributed by atoms with van der Waals surface area (Å²) in [4.78, 5) is 11.4. The highest BCUT2D eigenvalue weighted by atomic mass is 16.5. The molecule has 3 heteroatoms. The van der Waals surface area contributed by atoms with E-state index in [1.54, 1.807) is 19.2 Å². The number of carbonyl (C=O) groups excluding carboxylic acids is 1. The number of Topliss-reactive ketones (excluding diaryl/α,β-unsaturated/α-hetero) is 1. The van der Waals surface area contributed by atoms with Crippen molar-refractivity contribution in [3.63, 3.8) is 0 Å². The highest BCUT2D eigenvalue weighted by Gasteiger charge is 2.23. The smallest absolute Gasteiger partial charge is 0.188 e. The molecule has 1 atom stereocenters. The van der Waals surface area contributed by atoms with Crippen molar-refractivity contribution in [2.45, 2.75) is 25.2 Å². The predicted molar refractivity (Wildman–Crippen MR) is 85.6 cm³/mol. The second kappa shape index (κ2) is 6.32. The van der Waals surface area contributed by atoms with Crippen molar-refractivity contribution < 1.29 is 14.6 Å². The molecule has 0 bridgehead atoms. The zero-order valence-electron chi connectivity index (χ0n) is 12.7. The van der Waals surface area contributed by atoms with Crippen molar-refractivity contribution in [3.8, 4) is 5.75 Å². The van der Waals surface area contributed by atoms with Gasteiger partial charge in [-0.05, 0) is 54.0 Å². The second-order valence-electron chi connectivity index (χ2n) is 5.78. The minimum absolute atomic E-state index is 0.232. The molecule has 1 unspecified atom stereocenters. The van der Waals surface area contributed by atoms with Gasteiger partial charge >= 0.3 is 0 Å². The molecule has 1 N–H and O–H groups in total. The average Bonchev–Trinajstić information content (AvgIpc) is 2.97. The Morgan fingerprint density at radius 3 is 2.68 bits per heavy atom. The van der Waals surface area contributed by atoms with Gasteiger partial charge in [0.25, 0.3) is 0 Å². The Hall–Kier alpha value is -2.13. The molecule has 1 aliphatic carbocycles. The minimum Gasteiger partial charge on any atom is -0.497 e. The van der Waals surface area contributed by atoms with E-state index >= 15 is 0 Å². The topological polar surface area (TPSA) is 46.5 Å². The first-order chi connectivity index (χ1) is 10.7. The van der Waals surface area contributed by atoms with Gasteiger partial charge in [0.2, 0.25) is 0 Å². The highest BCUT2D eigenvalue weighted by Crippen LogP contribution is 2.37. The summed E-state index contributed by atoms with van der Waals surface area (Å²) in [6.45, 7) is -0.433. The Balaban J connectivity index is 1.74. The number of hydrogen-bond donors (Lipinski definition) is 1. The molecule has 0 amide bonds. The number of aryl methyl sites for hydroxylation is 1. The summed E-state index contributed by atoms with van der Waals surface area (Å²) < 4.78 is 5.29. The lowest BCUT2D eigenvalue weighted by molar-refractivity contribution is 0.0903. The number of benzene rings is 2. The van der Waals surface area contributed by atoms with E-state index in [9.17, 15) is 4.79 Å². The summed E-state index contributed by atoms with van der Waals surface area (Å²) in [5.41, 5.74) is 4.60. The van der Waals surface area contributed by atoms with E-state index in [1.165, 1.54) is 16.7 Å². The molecule has 0 heterocycles. The summed E-state index contributed by atoms with van der Waals surface area (Å²) in [5.74, 6) is 1.22. The van der Waals surface area contributed by atoms with Crippen LogP contribution in [0, 0.1) is 0 Å². The monoisotopic (exact) mass is 296 g/mol. The van der Waals surface area contributed by atoms with E-state index in [1.807, 2.05) is 18.2 Å². The number of ether oxygens (including phenoxy) is 1. The van der Waals surface area contributed by atoms with Crippen molar-refractivity contribution in [2.24, 2.45) is 0 Å². The summed E-state index contributed by atoms with van der Waals surface area (Å²) in [7, 11) is 1.70. The lowest BCUT2D eigenvalue weighted by atomic mass is 9.93. The van der Waals surface area contributed by atoms with Crippen LogP contribution in [0.25, 0.3) is 0 Å². The summed E-state index contributed by atoms with van der Waals surface area (Å²) in [6, 6.07) is 13.9. The fourth-order valence-electron chi connectivity index (χ4n) is 3.22. The normalized spacial score (nSPS) is 16.4. The number of aliphatic hydroxyl groups excluding tert-OH is 1. The summed E-state index contributed by atoms with van der Waals surface area (Å²) in [5, 5.41) is 8.88. The van der Waals surface area contributed by atoms with Gasteiger partial charge in [-0.15, -0.1) is 0 Å². The van der Waals surface area contributed by atoms with Crippen LogP contribution < -0.4 is 4.74 Å². The fraction of sp³-hybridized carbons (Fsp3) is 0.316. The van der Waals surface area contributed by atoms with Crippen LogP contribution in [-0.4, -0.2) is 24.6 Å². The number of hydrogen-bond acceptors (Lipinski definition) is 3. The van der Waals surface area contributed by atoms with Crippen molar-refractivity contribution in [2.75, 3.05) is 13.7 Å². The molecule has 22 heavy (non-hydrogen) atoms. The maximum Gasteiger partial charge on any atom is 0.188 e. The molecule has 0 fully saturated rings. The number of aliphatic hydroxyl groups is 1. The molecule has 0 saturated heterocycles. The third-order valence-electron chi connectivity index (χ3n) is 4.45. The van der Waals surface area contributed by atoms with Crippen LogP contribution in [0.15, 0.2) is 42.5 Å². The standard InChI is InChI=1S/C19H20O3/c1-22-17-8-9-18-15(6-7-16(18)11-17)10-13-2-4-14(5-3-13)19(21)12-20/h2-5,8-9,11,15,20H,6-7,10,12H2,1H3. The maximum absolute atomic E-state index is 11.4. The zero-order valence-corrected chi connectivity index (χ0v) is 12.7. The van der Waals surface area contributed by atoms with E-state index in [-0.39, 0.29) is 5.78 Å². The van der Waals surface area contributed by atoms with Crippen molar-refractivity contribution in [3.05, 3.63) is 64.7 Å². The first-order valence-corrected chi connectivity index (χ1v) is 7.61. The van der Waals surface area contributed by atoms with E-state index in [4.69, 9.17) is 9.84 Å². The van der Waals surface area contributed by atoms with E-state index in [0.29, 0.717) is 11.5 Å². The van der Waals surface area contributed by atoms with Gasteiger partial charge < -0.3 is 9.84 Å². The molecule has 0 aliphatic heterocycles. The lowest BCUT2D eigenvalue weighted by Crippen LogP contribution is -2.04. The second-order valence-corrected chi connectivity index (χ2v) is 5.78. The molecule has 0 radical (unpaired) electrons. The Labute approximate surface area is 130 Å². The molecule has 114 valence electrons. The Morgan fingerprint density at radius 1 is 1.23 bits per heavy atom. The largest absolute Gasteiger partial charge is 0.497 e.